The molecule has 0 atom stereocenters. The van der Waals surface area contributed by atoms with Gasteiger partial charge in [-0.15, -0.1) is 11.3 Å². The van der Waals surface area contributed by atoms with Crippen LogP contribution in [0.2, 0.25) is 0 Å². The van der Waals surface area contributed by atoms with Crippen LogP contribution in [0.1, 0.15) is 42.7 Å². The molecular weight excluding hydrogens is 358 g/mol. The molecule has 0 aliphatic heterocycles. The molecule has 0 N–H and O–H groups in total. The second-order valence-electron chi connectivity index (χ2n) is 6.33. The van der Waals surface area contributed by atoms with Gasteiger partial charge in [0.1, 0.15) is 0 Å². The molecule has 1 saturated carbocycles. The maximum Gasteiger partial charge on any atom is 0.284 e. The first-order chi connectivity index (χ1) is 11.9. The number of carbonyl (C=O) groups is 1. The molecule has 0 unspecified atom stereocenters. The summed E-state index contributed by atoms with van der Waals surface area (Å²) in [5.74, 6) is -0.137. The third-order valence-electron chi connectivity index (χ3n) is 3.93. The number of nitro benzene ring substituents is 1. The van der Waals surface area contributed by atoms with Gasteiger partial charge in [-0.1, -0.05) is 11.8 Å². The Morgan fingerprint density at radius 2 is 2.16 bits per heavy atom. The van der Waals surface area contributed by atoms with Crippen molar-refractivity contribution in [3.63, 3.8) is 0 Å². The number of thiazole rings is 1. The number of rotatable bonds is 6. The number of nitrogens with zero attached hydrogens (tertiary/aromatic N) is 3. The van der Waals surface area contributed by atoms with E-state index in [0.717, 1.165) is 22.9 Å². The third-order valence-corrected chi connectivity index (χ3v) is 6.05. The molecule has 0 spiro atoms. The van der Waals surface area contributed by atoms with Gasteiger partial charge >= 0.3 is 0 Å². The minimum atomic E-state index is -0.434. The molecule has 1 heterocycles. The summed E-state index contributed by atoms with van der Waals surface area (Å²) < 4.78 is 0.751. The number of hydrogen-bond acceptors (Lipinski definition) is 6. The zero-order chi connectivity index (χ0) is 18.1. The van der Waals surface area contributed by atoms with E-state index < -0.39 is 4.92 Å². The molecule has 1 aliphatic rings. The zero-order valence-corrected chi connectivity index (χ0v) is 15.9. The van der Waals surface area contributed by atoms with Crippen molar-refractivity contribution in [2.24, 2.45) is 0 Å². The van der Waals surface area contributed by atoms with Crippen molar-refractivity contribution in [1.29, 1.82) is 0 Å². The van der Waals surface area contributed by atoms with Crippen LogP contribution in [0.5, 0.6) is 0 Å². The zero-order valence-electron chi connectivity index (χ0n) is 14.3. The lowest BCUT2D eigenvalue weighted by atomic mass is 10.1. The molecule has 2 aromatic rings. The summed E-state index contributed by atoms with van der Waals surface area (Å²) >= 11 is 2.71. The van der Waals surface area contributed by atoms with Crippen LogP contribution in [0.25, 0.3) is 0 Å². The second-order valence-corrected chi connectivity index (χ2v) is 8.48. The SMILES string of the molecule is Cc1csc(Sc2ccc(C(=O)N(C(C)C)C3CC3)cc2[N+](=O)[O-])n1. The Morgan fingerprint density at radius 3 is 2.68 bits per heavy atom. The molecule has 0 bridgehead atoms. The normalized spacial score (nSPS) is 13.9. The molecule has 3 rings (SSSR count). The first-order valence-electron chi connectivity index (χ1n) is 8.08. The molecular formula is C17H19N3O3S2. The minimum Gasteiger partial charge on any atom is -0.333 e. The highest BCUT2D eigenvalue weighted by Gasteiger charge is 2.35. The quantitative estimate of drug-likeness (QED) is 0.546. The van der Waals surface area contributed by atoms with Gasteiger partial charge in [-0.2, -0.15) is 0 Å². The number of carbonyl (C=O) groups excluding carboxylic acids is 1. The summed E-state index contributed by atoms with van der Waals surface area (Å²) in [6, 6.07) is 5.06. The van der Waals surface area contributed by atoms with Crippen LogP contribution in [0, 0.1) is 17.0 Å². The lowest BCUT2D eigenvalue weighted by Gasteiger charge is -2.26. The number of aromatic nitrogens is 1. The lowest BCUT2D eigenvalue weighted by molar-refractivity contribution is -0.387. The molecule has 0 radical (unpaired) electrons. The van der Waals surface area contributed by atoms with Gasteiger partial charge in [0, 0.05) is 34.8 Å². The van der Waals surface area contributed by atoms with Crippen LogP contribution in [-0.2, 0) is 0 Å². The molecule has 1 aromatic carbocycles. The van der Waals surface area contributed by atoms with Gasteiger partial charge in [0.05, 0.1) is 9.82 Å². The maximum atomic E-state index is 12.8. The summed E-state index contributed by atoms with van der Waals surface area (Å²) in [6.07, 6.45) is 2.01. The largest absolute Gasteiger partial charge is 0.333 e. The molecule has 1 fully saturated rings. The summed E-state index contributed by atoms with van der Waals surface area (Å²) in [7, 11) is 0. The molecule has 132 valence electrons. The average Bonchev–Trinajstić information content (AvgIpc) is 3.29. The van der Waals surface area contributed by atoms with Crippen molar-refractivity contribution in [3.8, 4) is 0 Å². The van der Waals surface area contributed by atoms with Crippen LogP contribution in [0.15, 0.2) is 32.8 Å². The fourth-order valence-electron chi connectivity index (χ4n) is 2.68. The molecule has 1 aromatic heterocycles. The van der Waals surface area contributed by atoms with Crippen LogP contribution < -0.4 is 0 Å². The standard InChI is InChI=1S/C17H19N3O3S2/c1-10(2)19(13-5-6-13)16(21)12-4-7-15(14(8-12)20(22)23)25-17-18-11(3)9-24-17/h4,7-10,13H,5-6H2,1-3H3. The van der Waals surface area contributed by atoms with E-state index in [1.165, 1.54) is 29.2 Å². The predicted molar refractivity (Wildman–Crippen MR) is 98.4 cm³/mol. The van der Waals surface area contributed by atoms with Gasteiger partial charge in [-0.25, -0.2) is 4.98 Å². The van der Waals surface area contributed by atoms with E-state index in [1.54, 1.807) is 12.1 Å². The molecule has 1 aliphatic carbocycles. The van der Waals surface area contributed by atoms with Gasteiger partial charge < -0.3 is 4.90 Å². The molecule has 0 saturated heterocycles. The first kappa shape index (κ1) is 17.9. The van der Waals surface area contributed by atoms with Crippen LogP contribution >= 0.6 is 23.1 Å². The van der Waals surface area contributed by atoms with Crippen LogP contribution in [0.3, 0.4) is 0 Å². The molecule has 25 heavy (non-hydrogen) atoms. The van der Waals surface area contributed by atoms with Crippen molar-refractivity contribution in [2.75, 3.05) is 0 Å². The van der Waals surface area contributed by atoms with Gasteiger partial charge in [-0.3, -0.25) is 14.9 Å². The summed E-state index contributed by atoms with van der Waals surface area (Å²) in [5.41, 5.74) is 1.20. The van der Waals surface area contributed by atoms with Gasteiger partial charge in [0.25, 0.3) is 11.6 Å². The van der Waals surface area contributed by atoms with E-state index in [4.69, 9.17) is 0 Å². The smallest absolute Gasteiger partial charge is 0.284 e. The van der Waals surface area contributed by atoms with Crippen molar-refractivity contribution >= 4 is 34.7 Å². The third kappa shape index (κ3) is 4.01. The van der Waals surface area contributed by atoms with Gasteiger partial charge in [-0.05, 0) is 45.7 Å². The van der Waals surface area contributed by atoms with Crippen molar-refractivity contribution in [2.45, 2.75) is 54.9 Å². The van der Waals surface area contributed by atoms with Crippen LogP contribution in [0.4, 0.5) is 5.69 Å². The first-order valence-corrected chi connectivity index (χ1v) is 9.77. The highest BCUT2D eigenvalue weighted by molar-refractivity contribution is 8.01. The Labute approximate surface area is 154 Å². The number of amides is 1. The van der Waals surface area contributed by atoms with E-state index in [9.17, 15) is 14.9 Å². The molecule has 6 nitrogen and oxygen atoms in total. The Hall–Kier alpha value is -1.93. The highest BCUT2D eigenvalue weighted by Crippen LogP contribution is 2.37. The number of aryl methyl sites for hydroxylation is 1. The number of benzene rings is 1. The highest BCUT2D eigenvalue weighted by atomic mass is 32.2. The van der Waals surface area contributed by atoms with Gasteiger partial charge in [0.15, 0.2) is 4.34 Å². The Morgan fingerprint density at radius 1 is 1.44 bits per heavy atom. The van der Waals surface area contributed by atoms with E-state index in [-0.39, 0.29) is 23.7 Å². The summed E-state index contributed by atoms with van der Waals surface area (Å²) in [6.45, 7) is 5.83. The van der Waals surface area contributed by atoms with Crippen molar-refractivity contribution < 1.29 is 9.72 Å². The van der Waals surface area contributed by atoms with E-state index in [0.29, 0.717) is 10.5 Å². The fraction of sp³-hybridized carbons (Fsp3) is 0.412. The Bertz CT molecular complexity index is 813. The molecule has 1 amide bonds. The minimum absolute atomic E-state index is 0.0526. The summed E-state index contributed by atoms with van der Waals surface area (Å²) in [4.78, 5) is 30.5. The predicted octanol–water partition coefficient (Wildman–Crippen LogP) is 4.52. The van der Waals surface area contributed by atoms with Crippen molar-refractivity contribution in [3.05, 3.63) is 45.0 Å². The monoisotopic (exact) mass is 377 g/mol. The Kier molecular flexibility index (Phi) is 5.10. The lowest BCUT2D eigenvalue weighted by Crippen LogP contribution is -2.38. The topological polar surface area (TPSA) is 76.3 Å². The summed E-state index contributed by atoms with van der Waals surface area (Å²) in [5, 5.41) is 13.4. The van der Waals surface area contributed by atoms with Crippen LogP contribution in [-0.4, -0.2) is 32.8 Å². The maximum absolute atomic E-state index is 12.8. The fourth-order valence-corrected chi connectivity index (χ4v) is 4.56. The van der Waals surface area contributed by atoms with Gasteiger partial charge in [0.2, 0.25) is 0 Å². The Balaban J connectivity index is 1.90. The second kappa shape index (κ2) is 7.13. The van der Waals surface area contributed by atoms with E-state index in [1.807, 2.05) is 31.1 Å². The average molecular weight is 377 g/mol. The number of nitro groups is 1. The van der Waals surface area contributed by atoms with Crippen molar-refractivity contribution in [1.82, 2.24) is 9.88 Å². The van der Waals surface area contributed by atoms with E-state index in [2.05, 4.69) is 4.98 Å². The van der Waals surface area contributed by atoms with E-state index >= 15 is 0 Å². The number of hydrogen-bond donors (Lipinski definition) is 0. The molecule has 8 heteroatoms.